The average Bonchev–Trinajstić information content (AvgIpc) is 3.18. The molecular formula is C25H20N2O5. The number of hydrogen-bond donors (Lipinski definition) is 0. The Hall–Kier alpha value is -4.26. The van der Waals surface area contributed by atoms with Crippen molar-refractivity contribution in [1.82, 2.24) is 9.38 Å². The first kappa shape index (κ1) is 21.0. The molecule has 0 N–H and O–H groups in total. The maximum Gasteiger partial charge on any atom is 0.341 e. The van der Waals surface area contributed by atoms with Crippen LogP contribution in [0, 0.1) is 6.92 Å². The van der Waals surface area contributed by atoms with Gasteiger partial charge < -0.3 is 9.47 Å². The van der Waals surface area contributed by atoms with Crippen LogP contribution in [0.1, 0.15) is 42.3 Å². The summed E-state index contributed by atoms with van der Waals surface area (Å²) < 4.78 is 11.3. The molecule has 7 heteroatoms. The molecule has 0 saturated heterocycles. The summed E-state index contributed by atoms with van der Waals surface area (Å²) >= 11 is 0. The second-order valence-electron chi connectivity index (χ2n) is 7.17. The lowest BCUT2D eigenvalue weighted by molar-refractivity contribution is 0.0556. The Bertz CT molecular complexity index is 1340. The van der Waals surface area contributed by atoms with E-state index in [1.165, 1.54) is 24.9 Å². The van der Waals surface area contributed by atoms with Crippen molar-refractivity contribution in [2.24, 2.45) is 0 Å². The number of carbonyl (C=O) groups excluding carboxylic acids is 3. The van der Waals surface area contributed by atoms with Crippen LogP contribution in [0.2, 0.25) is 0 Å². The number of ketones is 1. The third-order valence-electron chi connectivity index (χ3n) is 5.21. The fourth-order valence-electron chi connectivity index (χ4n) is 3.60. The van der Waals surface area contributed by atoms with Crippen molar-refractivity contribution in [3.63, 3.8) is 0 Å². The zero-order valence-corrected chi connectivity index (χ0v) is 17.8. The van der Waals surface area contributed by atoms with Gasteiger partial charge in [0.05, 0.1) is 25.4 Å². The summed E-state index contributed by atoms with van der Waals surface area (Å²) in [6.07, 6.45) is 1.43. The van der Waals surface area contributed by atoms with E-state index >= 15 is 0 Å². The summed E-state index contributed by atoms with van der Waals surface area (Å²) in [6.45, 7) is 1.91. The molecule has 0 bridgehead atoms. The maximum absolute atomic E-state index is 13.5. The van der Waals surface area contributed by atoms with Gasteiger partial charge in [0.15, 0.2) is 0 Å². The normalized spacial score (nSPS) is 10.7. The molecule has 4 aromatic rings. The molecule has 0 fully saturated rings. The van der Waals surface area contributed by atoms with E-state index in [4.69, 9.17) is 9.47 Å². The number of carbonyl (C=O) groups is 3. The summed E-state index contributed by atoms with van der Waals surface area (Å²) in [4.78, 5) is 43.5. The van der Waals surface area contributed by atoms with Crippen molar-refractivity contribution in [1.29, 1.82) is 0 Å². The van der Waals surface area contributed by atoms with E-state index in [0.29, 0.717) is 16.8 Å². The Balaban J connectivity index is 2.05. The monoisotopic (exact) mass is 428 g/mol. The van der Waals surface area contributed by atoms with E-state index in [0.717, 1.165) is 11.1 Å². The zero-order chi connectivity index (χ0) is 22.8. The van der Waals surface area contributed by atoms with Crippen LogP contribution in [-0.4, -0.2) is 41.3 Å². The van der Waals surface area contributed by atoms with E-state index in [1.807, 2.05) is 37.3 Å². The summed E-state index contributed by atoms with van der Waals surface area (Å²) in [5.41, 5.74) is 2.85. The highest BCUT2D eigenvalue weighted by Crippen LogP contribution is 2.30. The Labute approximate surface area is 184 Å². The second kappa shape index (κ2) is 8.47. The topological polar surface area (TPSA) is 87.0 Å². The van der Waals surface area contributed by atoms with Crippen LogP contribution in [-0.2, 0) is 9.47 Å². The zero-order valence-electron chi connectivity index (χ0n) is 17.8. The number of aryl methyl sites for hydroxylation is 1. The lowest BCUT2D eigenvalue weighted by Gasteiger charge is -2.07. The van der Waals surface area contributed by atoms with Crippen molar-refractivity contribution in [2.75, 3.05) is 14.2 Å². The molecule has 0 unspecified atom stereocenters. The van der Waals surface area contributed by atoms with Crippen LogP contribution >= 0.6 is 0 Å². The molecule has 32 heavy (non-hydrogen) atoms. The molecule has 0 aliphatic rings. The van der Waals surface area contributed by atoms with Gasteiger partial charge in [0.2, 0.25) is 5.78 Å². The van der Waals surface area contributed by atoms with Gasteiger partial charge in [-0.1, -0.05) is 60.2 Å². The molecule has 7 nitrogen and oxygen atoms in total. The molecule has 0 aliphatic carbocycles. The fourth-order valence-corrected chi connectivity index (χ4v) is 3.60. The van der Waals surface area contributed by atoms with E-state index in [2.05, 4.69) is 4.98 Å². The number of nitrogens with zero attached hydrogens (tertiary/aromatic N) is 2. The quantitative estimate of drug-likeness (QED) is 0.351. The second-order valence-corrected chi connectivity index (χ2v) is 7.17. The molecule has 0 atom stereocenters. The Kier molecular flexibility index (Phi) is 5.55. The molecule has 0 radical (unpaired) electrons. The van der Waals surface area contributed by atoms with Crippen LogP contribution in [0.15, 0.2) is 67.0 Å². The third kappa shape index (κ3) is 3.54. The summed E-state index contributed by atoms with van der Waals surface area (Å²) in [6, 6.07) is 18.0. The van der Waals surface area contributed by atoms with Crippen LogP contribution < -0.4 is 0 Å². The summed E-state index contributed by atoms with van der Waals surface area (Å²) in [7, 11) is 2.41. The molecule has 4 rings (SSSR count). The largest absolute Gasteiger partial charge is 0.465 e. The van der Waals surface area contributed by atoms with E-state index in [-0.39, 0.29) is 16.8 Å². The van der Waals surface area contributed by atoms with Crippen LogP contribution in [0.4, 0.5) is 0 Å². The highest BCUT2D eigenvalue weighted by Gasteiger charge is 2.33. The third-order valence-corrected chi connectivity index (χ3v) is 5.21. The number of fused-ring (bicyclic) bond motifs is 1. The minimum Gasteiger partial charge on any atom is -0.465 e. The van der Waals surface area contributed by atoms with E-state index < -0.39 is 17.7 Å². The first-order chi connectivity index (χ1) is 15.5. The smallest absolute Gasteiger partial charge is 0.341 e. The van der Waals surface area contributed by atoms with Crippen LogP contribution in [0.5, 0.6) is 0 Å². The SMILES string of the molecule is COC(=O)c1c(C(=O)OC)c2cc(-c3ccccc3)ncn2c1C(=O)c1ccc(C)cc1. The maximum atomic E-state index is 13.5. The molecule has 0 spiro atoms. The molecule has 2 aromatic carbocycles. The number of benzene rings is 2. The minimum absolute atomic E-state index is 0.0109. The van der Waals surface area contributed by atoms with Gasteiger partial charge in [-0.3, -0.25) is 9.20 Å². The number of ether oxygens (including phenoxy) is 2. The van der Waals surface area contributed by atoms with Crippen molar-refractivity contribution in [3.05, 3.63) is 94.9 Å². The van der Waals surface area contributed by atoms with Gasteiger partial charge in [-0.15, -0.1) is 0 Å². The number of hydrogen-bond acceptors (Lipinski definition) is 6. The van der Waals surface area contributed by atoms with Gasteiger partial charge >= 0.3 is 11.9 Å². The number of aromatic nitrogens is 2. The first-order valence-electron chi connectivity index (χ1n) is 9.83. The molecule has 0 amide bonds. The lowest BCUT2D eigenvalue weighted by Crippen LogP contribution is -2.15. The van der Waals surface area contributed by atoms with Gasteiger partial charge in [-0.2, -0.15) is 0 Å². The highest BCUT2D eigenvalue weighted by molar-refractivity contribution is 6.20. The lowest BCUT2D eigenvalue weighted by atomic mass is 10.0. The van der Waals surface area contributed by atoms with E-state index in [1.54, 1.807) is 30.3 Å². The molecule has 160 valence electrons. The summed E-state index contributed by atoms with van der Waals surface area (Å²) in [5, 5.41) is 0. The number of methoxy groups -OCH3 is 2. The van der Waals surface area contributed by atoms with Crippen molar-refractivity contribution >= 4 is 23.2 Å². The molecule has 2 aromatic heterocycles. The average molecular weight is 428 g/mol. The minimum atomic E-state index is -0.814. The van der Waals surface area contributed by atoms with Crippen LogP contribution in [0.3, 0.4) is 0 Å². The van der Waals surface area contributed by atoms with E-state index in [9.17, 15) is 14.4 Å². The Morgan fingerprint density at radius 2 is 1.47 bits per heavy atom. The fraction of sp³-hybridized carbons (Fsp3) is 0.120. The van der Waals surface area contributed by atoms with Gasteiger partial charge in [0, 0.05) is 11.1 Å². The van der Waals surface area contributed by atoms with Crippen molar-refractivity contribution in [3.8, 4) is 11.3 Å². The molecule has 0 saturated carbocycles. The predicted octanol–water partition coefficient (Wildman–Crippen LogP) is 4.11. The first-order valence-corrected chi connectivity index (χ1v) is 9.83. The number of rotatable bonds is 5. The predicted molar refractivity (Wildman–Crippen MR) is 118 cm³/mol. The van der Waals surface area contributed by atoms with Gasteiger partial charge in [-0.05, 0) is 13.0 Å². The van der Waals surface area contributed by atoms with Crippen molar-refractivity contribution < 1.29 is 23.9 Å². The van der Waals surface area contributed by atoms with Gasteiger partial charge in [-0.25, -0.2) is 14.6 Å². The van der Waals surface area contributed by atoms with Gasteiger partial charge in [0.25, 0.3) is 0 Å². The number of esters is 2. The molecular weight excluding hydrogens is 408 g/mol. The highest BCUT2D eigenvalue weighted by atomic mass is 16.5. The Morgan fingerprint density at radius 3 is 2.09 bits per heavy atom. The summed E-state index contributed by atoms with van der Waals surface area (Å²) in [5.74, 6) is -2.01. The molecule has 0 aliphatic heterocycles. The Morgan fingerprint density at radius 1 is 0.844 bits per heavy atom. The molecule has 2 heterocycles. The standard InChI is InChI=1S/C25H20N2O5/c1-15-9-11-17(12-10-15)23(28)22-21(25(30)32-3)20(24(29)31-2)19-13-18(26-14-27(19)22)16-7-5-4-6-8-16/h4-14H,1-3H3. The van der Waals surface area contributed by atoms with Gasteiger partial charge in [0.1, 0.15) is 23.1 Å². The van der Waals surface area contributed by atoms with Crippen molar-refractivity contribution in [2.45, 2.75) is 6.92 Å². The van der Waals surface area contributed by atoms with Crippen LogP contribution in [0.25, 0.3) is 16.8 Å².